The summed E-state index contributed by atoms with van der Waals surface area (Å²) < 4.78 is 7.61. The minimum atomic E-state index is 0.280. The van der Waals surface area contributed by atoms with Crippen LogP contribution in [0.25, 0.3) is 0 Å². The summed E-state index contributed by atoms with van der Waals surface area (Å²) in [6.07, 6.45) is 5.66. The summed E-state index contributed by atoms with van der Waals surface area (Å²) in [5, 5.41) is 8.46. The Kier molecular flexibility index (Phi) is 5.25. The zero-order valence-corrected chi connectivity index (χ0v) is 12.8. The van der Waals surface area contributed by atoms with Crippen molar-refractivity contribution in [2.45, 2.75) is 51.8 Å². The van der Waals surface area contributed by atoms with Crippen molar-refractivity contribution in [3.63, 3.8) is 0 Å². The van der Waals surface area contributed by atoms with E-state index >= 15 is 0 Å². The van der Waals surface area contributed by atoms with E-state index in [-0.39, 0.29) is 6.04 Å². The predicted molar refractivity (Wildman–Crippen MR) is 77.5 cm³/mol. The molecule has 0 aromatic carbocycles. The van der Waals surface area contributed by atoms with E-state index in [4.69, 9.17) is 16.3 Å². The van der Waals surface area contributed by atoms with Crippen LogP contribution in [0, 0.1) is 5.92 Å². The number of nitrogens with one attached hydrogen (secondary N) is 1. The van der Waals surface area contributed by atoms with Gasteiger partial charge in [-0.25, -0.2) is 0 Å². The third-order valence-electron chi connectivity index (χ3n) is 3.98. The Balaban J connectivity index is 1.95. The van der Waals surface area contributed by atoms with Crippen LogP contribution in [0.3, 0.4) is 0 Å². The highest BCUT2D eigenvalue weighted by molar-refractivity contribution is 6.31. The maximum Gasteiger partial charge on any atom is 0.0834 e. The fourth-order valence-electron chi connectivity index (χ4n) is 2.91. The normalized spacial score (nSPS) is 24.2. The van der Waals surface area contributed by atoms with Gasteiger partial charge < -0.3 is 10.1 Å². The second-order valence-electron chi connectivity index (χ2n) is 5.19. The lowest BCUT2D eigenvalue weighted by Crippen LogP contribution is -2.34. The summed E-state index contributed by atoms with van der Waals surface area (Å²) in [5.74, 6) is 0.727. The van der Waals surface area contributed by atoms with Gasteiger partial charge >= 0.3 is 0 Å². The number of aryl methyl sites for hydroxylation is 1. The van der Waals surface area contributed by atoms with Crippen molar-refractivity contribution in [2.24, 2.45) is 5.92 Å². The van der Waals surface area contributed by atoms with E-state index in [9.17, 15) is 0 Å². The van der Waals surface area contributed by atoms with Crippen LogP contribution in [0.15, 0.2) is 6.20 Å². The number of aromatic nitrogens is 2. The van der Waals surface area contributed by atoms with E-state index in [0.29, 0.717) is 6.10 Å². The fraction of sp³-hybridized carbons (Fsp3) is 0.786. The van der Waals surface area contributed by atoms with Crippen molar-refractivity contribution in [1.82, 2.24) is 15.1 Å². The average molecular weight is 286 g/mol. The first-order valence-corrected chi connectivity index (χ1v) is 7.57. The standard InChI is InChI=1S/C14H24ClN3O/c1-4-18-14(12(15)9-17-18)13(16-3)8-10-6-11(7-10)19-5-2/h9-11,13,16H,4-8H2,1-3H3. The first-order valence-electron chi connectivity index (χ1n) is 7.19. The number of nitrogens with zero attached hydrogens (tertiary/aromatic N) is 2. The summed E-state index contributed by atoms with van der Waals surface area (Å²) >= 11 is 6.27. The van der Waals surface area contributed by atoms with E-state index in [1.165, 1.54) is 12.8 Å². The molecule has 1 aromatic rings. The van der Waals surface area contributed by atoms with Crippen LogP contribution in [0.4, 0.5) is 0 Å². The Labute approximate surface area is 120 Å². The minimum absolute atomic E-state index is 0.280. The number of rotatable bonds is 7. The molecule has 1 N–H and O–H groups in total. The molecule has 1 aromatic heterocycles. The first-order chi connectivity index (χ1) is 9.19. The van der Waals surface area contributed by atoms with Gasteiger partial charge in [0, 0.05) is 13.2 Å². The molecule has 1 unspecified atom stereocenters. The van der Waals surface area contributed by atoms with E-state index < -0.39 is 0 Å². The molecule has 5 heteroatoms. The van der Waals surface area contributed by atoms with Gasteiger partial charge in [-0.15, -0.1) is 0 Å². The van der Waals surface area contributed by atoms with Crippen LogP contribution in [-0.2, 0) is 11.3 Å². The maximum atomic E-state index is 6.27. The Bertz CT molecular complexity index is 401. The molecule has 1 saturated carbocycles. The Morgan fingerprint density at radius 3 is 2.84 bits per heavy atom. The van der Waals surface area contributed by atoms with Gasteiger partial charge in [0.2, 0.25) is 0 Å². The first kappa shape index (κ1) is 14.8. The van der Waals surface area contributed by atoms with Gasteiger partial charge in [0.1, 0.15) is 0 Å². The van der Waals surface area contributed by atoms with Gasteiger partial charge in [-0.3, -0.25) is 4.68 Å². The lowest BCUT2D eigenvalue weighted by Gasteiger charge is -2.37. The molecular formula is C14H24ClN3O. The molecule has 0 bridgehead atoms. The fourth-order valence-corrected chi connectivity index (χ4v) is 3.18. The topological polar surface area (TPSA) is 39.1 Å². The number of hydrogen-bond donors (Lipinski definition) is 1. The molecule has 1 fully saturated rings. The molecule has 1 aliphatic rings. The van der Waals surface area contributed by atoms with Crippen molar-refractivity contribution < 1.29 is 4.74 Å². The molecule has 108 valence electrons. The molecule has 0 saturated heterocycles. The summed E-state index contributed by atoms with van der Waals surface area (Å²) in [7, 11) is 1.99. The summed E-state index contributed by atoms with van der Waals surface area (Å²) in [6, 6.07) is 0.280. The van der Waals surface area contributed by atoms with Crippen molar-refractivity contribution in [3.8, 4) is 0 Å². The molecule has 1 aliphatic carbocycles. The molecule has 1 heterocycles. The summed E-state index contributed by atoms with van der Waals surface area (Å²) in [6.45, 7) is 5.82. The Hall–Kier alpha value is -0.580. The molecule has 0 aliphatic heterocycles. The smallest absolute Gasteiger partial charge is 0.0834 e. The van der Waals surface area contributed by atoms with Gasteiger partial charge in [0.15, 0.2) is 0 Å². The van der Waals surface area contributed by atoms with Crippen LogP contribution in [-0.4, -0.2) is 29.5 Å². The van der Waals surface area contributed by atoms with E-state index in [0.717, 1.165) is 36.2 Å². The van der Waals surface area contributed by atoms with Gasteiger partial charge in [0.25, 0.3) is 0 Å². The molecule has 4 nitrogen and oxygen atoms in total. The van der Waals surface area contributed by atoms with E-state index in [2.05, 4.69) is 24.3 Å². The van der Waals surface area contributed by atoms with Crippen molar-refractivity contribution in [3.05, 3.63) is 16.9 Å². The number of halogens is 1. The highest BCUT2D eigenvalue weighted by Crippen LogP contribution is 2.38. The second kappa shape index (κ2) is 6.73. The van der Waals surface area contributed by atoms with Gasteiger partial charge in [-0.05, 0) is 46.1 Å². The van der Waals surface area contributed by atoms with Crippen LogP contribution >= 0.6 is 11.6 Å². The van der Waals surface area contributed by atoms with Gasteiger partial charge in [-0.2, -0.15) is 5.10 Å². The predicted octanol–water partition coefficient (Wildman–Crippen LogP) is 3.02. The molecule has 1 atom stereocenters. The number of hydrogen-bond acceptors (Lipinski definition) is 3. The molecule has 0 amide bonds. The molecule has 19 heavy (non-hydrogen) atoms. The van der Waals surface area contributed by atoms with Crippen LogP contribution in [0.2, 0.25) is 5.02 Å². The highest BCUT2D eigenvalue weighted by atomic mass is 35.5. The largest absolute Gasteiger partial charge is 0.378 e. The van der Waals surface area contributed by atoms with Gasteiger partial charge in [-0.1, -0.05) is 11.6 Å². The monoisotopic (exact) mass is 285 g/mol. The highest BCUT2D eigenvalue weighted by Gasteiger charge is 2.32. The zero-order valence-electron chi connectivity index (χ0n) is 12.0. The second-order valence-corrected chi connectivity index (χ2v) is 5.59. The van der Waals surface area contributed by atoms with Crippen molar-refractivity contribution in [2.75, 3.05) is 13.7 Å². The third-order valence-corrected chi connectivity index (χ3v) is 4.27. The Morgan fingerprint density at radius 2 is 2.26 bits per heavy atom. The minimum Gasteiger partial charge on any atom is -0.378 e. The average Bonchev–Trinajstić information content (AvgIpc) is 2.73. The summed E-state index contributed by atoms with van der Waals surface area (Å²) in [4.78, 5) is 0. The third kappa shape index (κ3) is 3.30. The van der Waals surface area contributed by atoms with E-state index in [1.807, 2.05) is 11.7 Å². The van der Waals surface area contributed by atoms with Crippen molar-refractivity contribution >= 4 is 11.6 Å². The quantitative estimate of drug-likeness (QED) is 0.837. The molecule has 2 rings (SSSR count). The van der Waals surface area contributed by atoms with Crippen molar-refractivity contribution in [1.29, 1.82) is 0 Å². The molecule has 0 spiro atoms. The van der Waals surface area contributed by atoms with Crippen LogP contribution in [0.5, 0.6) is 0 Å². The Morgan fingerprint density at radius 1 is 1.53 bits per heavy atom. The van der Waals surface area contributed by atoms with Gasteiger partial charge in [0.05, 0.1) is 29.1 Å². The zero-order chi connectivity index (χ0) is 13.8. The van der Waals surface area contributed by atoms with Crippen LogP contribution in [0.1, 0.15) is 44.8 Å². The maximum absolute atomic E-state index is 6.27. The summed E-state index contributed by atoms with van der Waals surface area (Å²) in [5.41, 5.74) is 1.12. The lowest BCUT2D eigenvalue weighted by molar-refractivity contribution is -0.0291. The lowest BCUT2D eigenvalue weighted by atomic mass is 9.77. The number of ether oxygens (including phenoxy) is 1. The molecule has 0 radical (unpaired) electrons. The van der Waals surface area contributed by atoms with Crippen LogP contribution < -0.4 is 5.32 Å². The SMILES string of the molecule is CCOC1CC(CC(NC)c2c(Cl)cnn2CC)C1. The van der Waals surface area contributed by atoms with E-state index in [1.54, 1.807) is 6.20 Å². The molecular weight excluding hydrogens is 262 g/mol.